The Morgan fingerprint density at radius 3 is 1.02 bits per heavy atom. The molecule has 19 rings (SSSR count). The van der Waals surface area contributed by atoms with Gasteiger partial charge in [0.15, 0.2) is 45.8 Å². The van der Waals surface area contributed by atoms with Crippen LogP contribution in [0.3, 0.4) is 0 Å². The number of halogens is 4. The molecule has 11 aromatic carbocycles. The average molecular weight is 1880 g/mol. The Kier molecular flexibility index (Phi) is 30.7. The summed E-state index contributed by atoms with van der Waals surface area (Å²) in [7, 11) is 0. The topological polar surface area (TPSA) is 403 Å². The Morgan fingerprint density at radius 1 is 0.275 bits per heavy atom. The number of nitrogens with one attached hydrogen (secondary N) is 8. The number of nitrogens with zero attached hydrogens (tertiary/aromatic N) is 8. The van der Waals surface area contributed by atoms with E-state index >= 15 is 0 Å². The quantitative estimate of drug-likeness (QED) is 0.0202. The van der Waals surface area contributed by atoms with E-state index in [1.54, 1.807) is 36.4 Å². The number of hydrogen-bond acceptors (Lipinski definition) is 20. The highest BCUT2D eigenvalue weighted by Gasteiger charge is 2.23. The van der Waals surface area contributed by atoms with Crippen LogP contribution in [-0.2, 0) is 83.5 Å². The first-order valence-electron chi connectivity index (χ1n) is 44.0. The molecule has 0 amide bonds. The van der Waals surface area contributed by atoms with Crippen LogP contribution < -0.4 is 41.2 Å². The molecule has 0 unspecified atom stereocenters. The maximum absolute atomic E-state index is 13.6. The van der Waals surface area contributed by atoms with Crippen LogP contribution in [0.25, 0.3) is 32.3 Å². The summed E-state index contributed by atoms with van der Waals surface area (Å²) in [5.74, 6) is -4.05. The predicted molar refractivity (Wildman–Crippen MR) is 518 cm³/mol. The maximum Gasteiger partial charge on any atom is 0.364 e. The van der Waals surface area contributed by atoms with Crippen molar-refractivity contribution in [2.75, 3.05) is 0 Å². The van der Waals surface area contributed by atoms with Crippen LogP contribution in [0.1, 0.15) is 138 Å². The van der Waals surface area contributed by atoms with Crippen molar-refractivity contribution in [3.05, 3.63) is 479 Å². The van der Waals surface area contributed by atoms with Crippen molar-refractivity contribution in [3.8, 4) is 23.0 Å². The van der Waals surface area contributed by atoms with Crippen molar-refractivity contribution >= 4 is 79.4 Å². The lowest BCUT2D eigenvalue weighted by Gasteiger charge is -2.07. The zero-order valence-electron chi connectivity index (χ0n) is 74.0. The molecule has 0 aliphatic heterocycles. The second kappa shape index (κ2) is 45.1. The summed E-state index contributed by atoms with van der Waals surface area (Å²) in [6.07, 6.45) is 7.77. The molecule has 0 radical (unpaired) electrons. The molecule has 0 atom stereocenters. The van der Waals surface area contributed by atoms with Crippen LogP contribution in [0.15, 0.2) is 316 Å². The lowest BCUT2D eigenvalue weighted by Crippen LogP contribution is -2.19. The van der Waals surface area contributed by atoms with Crippen molar-refractivity contribution in [1.29, 1.82) is 0 Å². The van der Waals surface area contributed by atoms with Crippen molar-refractivity contribution in [1.82, 2.24) is 81.6 Å². The number of carbonyl (C=O) groups is 4. The van der Waals surface area contributed by atoms with E-state index in [2.05, 4.69) is 81.6 Å². The Bertz CT molecular complexity index is 7810. The molecule has 0 aliphatic carbocycles. The molecule has 8 heterocycles. The zero-order valence-corrected chi connectivity index (χ0v) is 75.5. The summed E-state index contributed by atoms with van der Waals surface area (Å²) in [5.41, 5.74) is 12.2. The number of aromatic amines is 8. The summed E-state index contributed by atoms with van der Waals surface area (Å²) in [4.78, 5) is 99.3. The van der Waals surface area contributed by atoms with Gasteiger partial charge in [0.05, 0.1) is 22.8 Å². The number of carbonyl (C=O) groups excluding carboxylic acids is 4. The van der Waals surface area contributed by atoms with Gasteiger partial charge in [0.25, 0.3) is 0 Å². The number of aryl methyl sites for hydroxylation is 11. The van der Waals surface area contributed by atoms with Crippen molar-refractivity contribution in [3.63, 3.8) is 0 Å². The van der Waals surface area contributed by atoms with E-state index in [1.165, 1.54) is 54.1 Å². The molecule has 8 aromatic heterocycles. The lowest BCUT2D eigenvalue weighted by atomic mass is 10.0. The van der Waals surface area contributed by atoms with Gasteiger partial charge in [0.2, 0.25) is 0 Å². The van der Waals surface area contributed by atoms with Crippen LogP contribution in [0.5, 0.6) is 23.0 Å². The van der Waals surface area contributed by atoms with Gasteiger partial charge < -0.3 is 18.9 Å². The lowest BCUT2D eigenvalue weighted by molar-refractivity contribution is 0.0716. The number of H-pyrrole nitrogens is 8. The second-order valence-electron chi connectivity index (χ2n) is 32.3. The molecular formula is C106H86Cl2F2N16O12. The molecule has 0 bridgehead atoms. The third-order valence-electron chi connectivity index (χ3n) is 22.3. The molecule has 32 heteroatoms. The van der Waals surface area contributed by atoms with E-state index in [0.717, 1.165) is 112 Å². The first-order valence-corrected chi connectivity index (χ1v) is 44.7. The Labute approximate surface area is 795 Å². The minimum atomic E-state index is -0.748. The van der Waals surface area contributed by atoms with Crippen molar-refractivity contribution < 1.29 is 46.9 Å². The second-order valence-corrected chi connectivity index (χ2v) is 33.1. The summed E-state index contributed by atoms with van der Waals surface area (Å²) in [5, 5.41) is 61.4. The van der Waals surface area contributed by atoms with Gasteiger partial charge in [0, 0.05) is 76.3 Å². The molecule has 0 fully saturated rings. The Hall–Kier alpha value is -17.1. The molecule has 0 saturated heterocycles. The van der Waals surface area contributed by atoms with Crippen LogP contribution in [0.4, 0.5) is 8.78 Å². The number of esters is 4. The van der Waals surface area contributed by atoms with Gasteiger partial charge in [-0.15, -0.1) is 0 Å². The maximum atomic E-state index is 13.6. The number of hydrogen-bond donors (Lipinski definition) is 8. The third kappa shape index (κ3) is 25.6. The Morgan fingerprint density at radius 2 is 0.609 bits per heavy atom. The van der Waals surface area contributed by atoms with E-state index in [0.29, 0.717) is 103 Å². The molecular weight excluding hydrogens is 1800 g/mol. The number of benzene rings is 11. The first-order chi connectivity index (χ1) is 67.1. The number of fused-ring (bicyclic) bond motifs is 3. The highest BCUT2D eigenvalue weighted by molar-refractivity contribution is 6.31. The molecule has 138 heavy (non-hydrogen) atoms. The molecule has 690 valence electrons. The van der Waals surface area contributed by atoms with E-state index in [9.17, 15) is 47.1 Å². The molecule has 19 aromatic rings. The van der Waals surface area contributed by atoms with Gasteiger partial charge in [-0.3, -0.25) is 39.6 Å². The largest absolute Gasteiger partial charge is 0.416 e. The SMILES string of the molecule is Cc1cc(F)cc(CCc2cc(OC(=O)c3cc(CCc4ccccc4)[nH]n3)c(=O)[nH]n2)c1.O=C(Oc1cc(Cc2cccc3ccccc23)n[nH]c1=O)c1cc(CCc2ccc(F)cc2)[nH]n1.O=C(Oc1cc(Cc2cccc3ccccc23)n[nH]c1=O)c1cc(CCc2cccc(Cl)c2)[nH]n1.O=C(Oc1cc(Cc2cccc3ccccc23)n[nH]c1=O)c1cc(CCc2ccccc2Cl)[nH]n1. The molecule has 0 spiro atoms. The van der Waals surface area contributed by atoms with Gasteiger partial charge >= 0.3 is 46.1 Å². The fraction of sp³-hybridized carbons (Fsp3) is 0.132. The van der Waals surface area contributed by atoms with E-state index in [-0.39, 0.29) is 57.4 Å². The van der Waals surface area contributed by atoms with Gasteiger partial charge in [-0.25, -0.2) is 48.4 Å². The molecule has 0 saturated carbocycles. The molecule has 28 nitrogen and oxygen atoms in total. The summed E-state index contributed by atoms with van der Waals surface area (Å²) in [6, 6.07) is 90.7. The highest BCUT2D eigenvalue weighted by atomic mass is 35.5. The number of ether oxygens (including phenoxy) is 4. The predicted octanol–water partition coefficient (Wildman–Crippen LogP) is 17.9. The van der Waals surface area contributed by atoms with Crippen LogP contribution in [0.2, 0.25) is 10.0 Å². The van der Waals surface area contributed by atoms with Gasteiger partial charge in [-0.05, 0) is 220 Å². The molecule has 0 aliphatic rings. The van der Waals surface area contributed by atoms with E-state index in [1.807, 2.05) is 219 Å². The summed E-state index contributed by atoms with van der Waals surface area (Å²) < 4.78 is 48.0. The first kappa shape index (κ1) is 94.1. The van der Waals surface area contributed by atoms with Crippen LogP contribution in [0, 0.1) is 18.6 Å². The number of rotatable bonds is 29. The fourth-order valence-corrected chi connectivity index (χ4v) is 15.8. The monoisotopic (exact) mass is 1880 g/mol. The Balaban J connectivity index is 0.000000133. The third-order valence-corrected chi connectivity index (χ3v) is 22.9. The minimum absolute atomic E-state index is 0.0610. The van der Waals surface area contributed by atoms with E-state index < -0.39 is 46.1 Å². The van der Waals surface area contributed by atoms with Crippen LogP contribution >= 0.6 is 23.2 Å². The summed E-state index contributed by atoms with van der Waals surface area (Å²) in [6.45, 7) is 1.82. The minimum Gasteiger partial charge on any atom is -0.416 e. The molecule has 8 N–H and O–H groups in total. The van der Waals surface area contributed by atoms with Gasteiger partial charge in [0.1, 0.15) is 11.6 Å². The summed E-state index contributed by atoms with van der Waals surface area (Å²) >= 11 is 12.2. The average Bonchev–Trinajstić information content (AvgIpc) is 0.814. The number of aromatic nitrogens is 16. The van der Waals surface area contributed by atoms with Crippen molar-refractivity contribution in [2.45, 2.75) is 90.4 Å². The van der Waals surface area contributed by atoms with Crippen molar-refractivity contribution in [2.24, 2.45) is 0 Å². The standard InChI is InChI=1S/2C27H21ClN4O3.C27H21FN4O3.C25H23FN4O3/c28-23-11-4-2-7-18(23)12-13-20-15-24(31-29-20)27(34)35-25-16-21(30-32-26(25)33)14-19-9-5-8-17-6-1-3-10-22(17)19;28-20-9-3-5-17(13-20)11-12-21-15-24(31-29-21)27(34)35-25-16-22(30-32-26(25)33)14-19-8-4-7-18-6-1-2-10-23(18)19;28-20-11-8-17(9-12-20)10-13-21-15-24(31-29-21)27(34)35-25-16-22(30-32-26(25)33)14-19-6-3-5-18-4-1-2-7-23(18)19;1-16-11-18(13-19(26)12-16)8-10-21-15-23(24(31)30-28-21)33-25(32)22-14-20(27-29-22)9-7-17-5-3-2-4-6-17/h1-11,15-16H,12-14H2,(H,29,31)(H,32,33);1-10,13,15-16H,11-12,14H2,(H,29,31)(H,32,33);1-9,11-12,15-16H,10,13-14H2,(H,29,31)(H,32,33);2-6,11-15H,7-10H2,1H3,(H,27,29)(H,30,31). The van der Waals surface area contributed by atoms with E-state index in [4.69, 9.17) is 42.1 Å². The fourth-order valence-electron chi connectivity index (χ4n) is 15.3. The smallest absolute Gasteiger partial charge is 0.364 e. The highest BCUT2D eigenvalue weighted by Crippen LogP contribution is 2.28. The zero-order chi connectivity index (χ0) is 95.8. The van der Waals surface area contributed by atoms with Gasteiger partial charge in [-0.2, -0.15) is 40.8 Å². The normalized spacial score (nSPS) is 11.0. The van der Waals surface area contributed by atoms with Gasteiger partial charge in [-0.1, -0.05) is 229 Å². The van der Waals surface area contributed by atoms with Crippen LogP contribution in [-0.4, -0.2) is 105 Å².